The summed E-state index contributed by atoms with van der Waals surface area (Å²) < 4.78 is 0. The molecule has 1 amide bonds. The van der Waals surface area contributed by atoms with Crippen molar-refractivity contribution < 1.29 is 14.7 Å². The first-order valence-electron chi connectivity index (χ1n) is 10.4. The molecule has 1 aromatic carbocycles. The third-order valence-electron chi connectivity index (χ3n) is 5.35. The molecule has 160 valence electrons. The van der Waals surface area contributed by atoms with Crippen molar-refractivity contribution in [2.24, 2.45) is 17.6 Å². The second kappa shape index (κ2) is 10.4. The number of hydrogen-bond acceptors (Lipinski definition) is 4. The minimum Gasteiger partial charge on any atom is -0.480 e. The van der Waals surface area contributed by atoms with Crippen molar-refractivity contribution in [3.05, 3.63) is 36.0 Å². The van der Waals surface area contributed by atoms with Crippen molar-refractivity contribution in [2.75, 3.05) is 6.54 Å². The number of fused-ring (bicyclic) bond motifs is 1. The quantitative estimate of drug-likeness (QED) is 0.432. The van der Waals surface area contributed by atoms with Crippen LogP contribution < -0.4 is 11.2 Å². The number of benzene rings is 1. The van der Waals surface area contributed by atoms with Gasteiger partial charge in [-0.25, -0.2) is 10.2 Å². The lowest BCUT2D eigenvalue weighted by molar-refractivity contribution is -0.156. The molecule has 2 rings (SSSR count). The number of carbonyl (C=O) groups is 2. The molecule has 3 atom stereocenters. The number of nitrogens with one attached hydrogen (secondary N) is 2. The second-order valence-electron chi connectivity index (χ2n) is 8.13. The van der Waals surface area contributed by atoms with Crippen LogP contribution >= 0.6 is 0 Å². The Labute approximate surface area is 172 Å². The molecular weight excluding hydrogens is 368 g/mol. The van der Waals surface area contributed by atoms with Crippen LogP contribution in [0, 0.1) is 11.8 Å². The number of aliphatic carboxylic acids is 1. The first-order chi connectivity index (χ1) is 13.8. The van der Waals surface area contributed by atoms with Crippen LogP contribution in [0.25, 0.3) is 10.9 Å². The van der Waals surface area contributed by atoms with E-state index >= 15 is 0 Å². The number of aromatic nitrogens is 1. The van der Waals surface area contributed by atoms with Gasteiger partial charge in [-0.15, -0.1) is 0 Å². The number of nitrogens with zero attached hydrogens (tertiary/aromatic N) is 1. The molecule has 0 aliphatic heterocycles. The van der Waals surface area contributed by atoms with Gasteiger partial charge in [-0.1, -0.05) is 52.3 Å². The number of H-pyrrole nitrogens is 1. The lowest BCUT2D eigenvalue weighted by atomic mass is 9.97. The number of hydrazine groups is 1. The van der Waals surface area contributed by atoms with Crippen molar-refractivity contribution in [2.45, 2.75) is 59.0 Å². The summed E-state index contributed by atoms with van der Waals surface area (Å²) in [5.41, 5.74) is 11.4. The highest BCUT2D eigenvalue weighted by atomic mass is 16.4. The molecule has 7 heteroatoms. The molecule has 0 spiro atoms. The van der Waals surface area contributed by atoms with Crippen molar-refractivity contribution >= 4 is 22.8 Å². The van der Waals surface area contributed by atoms with Crippen molar-refractivity contribution in [1.82, 2.24) is 15.4 Å². The second-order valence-corrected chi connectivity index (χ2v) is 8.13. The molecule has 1 heterocycles. The predicted molar refractivity (Wildman–Crippen MR) is 115 cm³/mol. The van der Waals surface area contributed by atoms with E-state index in [0.29, 0.717) is 25.8 Å². The van der Waals surface area contributed by atoms with Crippen LogP contribution in [0.5, 0.6) is 0 Å². The van der Waals surface area contributed by atoms with Crippen LogP contribution in [0.4, 0.5) is 0 Å². The fourth-order valence-electron chi connectivity index (χ4n) is 3.58. The largest absolute Gasteiger partial charge is 0.480 e. The van der Waals surface area contributed by atoms with Crippen LogP contribution in [-0.2, 0) is 16.0 Å². The van der Waals surface area contributed by atoms with Gasteiger partial charge in [-0.05, 0) is 36.3 Å². The number of nitrogens with two attached hydrogens (primary N) is 1. The van der Waals surface area contributed by atoms with E-state index in [0.717, 1.165) is 16.5 Å². The number of carboxylic acids is 1. The molecule has 7 nitrogen and oxygen atoms in total. The van der Waals surface area contributed by atoms with Gasteiger partial charge in [-0.3, -0.25) is 9.80 Å². The number of carbonyl (C=O) groups excluding carboxylic acids is 1. The van der Waals surface area contributed by atoms with Crippen LogP contribution in [0.2, 0.25) is 0 Å². The van der Waals surface area contributed by atoms with Crippen LogP contribution in [-0.4, -0.2) is 45.6 Å². The Balaban J connectivity index is 2.17. The van der Waals surface area contributed by atoms with Gasteiger partial charge in [0.25, 0.3) is 5.91 Å². The Kier molecular flexibility index (Phi) is 8.22. The number of para-hydroxylation sites is 1. The van der Waals surface area contributed by atoms with Crippen molar-refractivity contribution in [1.29, 1.82) is 0 Å². The van der Waals surface area contributed by atoms with E-state index in [2.05, 4.69) is 10.4 Å². The van der Waals surface area contributed by atoms with Gasteiger partial charge in [0.1, 0.15) is 6.04 Å². The molecule has 29 heavy (non-hydrogen) atoms. The summed E-state index contributed by atoms with van der Waals surface area (Å²) in [6.45, 7) is 8.18. The number of amides is 1. The molecule has 0 saturated heterocycles. The van der Waals surface area contributed by atoms with Gasteiger partial charge < -0.3 is 15.8 Å². The summed E-state index contributed by atoms with van der Waals surface area (Å²) in [6, 6.07) is 6.31. The number of aromatic amines is 1. The zero-order chi connectivity index (χ0) is 21.6. The predicted octanol–water partition coefficient (Wildman–Crippen LogP) is 2.92. The third-order valence-corrected chi connectivity index (χ3v) is 5.35. The van der Waals surface area contributed by atoms with Crippen molar-refractivity contribution in [3.8, 4) is 0 Å². The highest BCUT2D eigenvalue weighted by Gasteiger charge is 2.36. The number of carboxylic acid groups (broad SMARTS) is 1. The Bertz CT molecular complexity index is 817. The fraction of sp³-hybridized carbons (Fsp3) is 0.545. The monoisotopic (exact) mass is 402 g/mol. The average molecular weight is 403 g/mol. The molecule has 2 aromatic rings. The summed E-state index contributed by atoms with van der Waals surface area (Å²) in [6.07, 6.45) is 3.75. The highest BCUT2D eigenvalue weighted by Crippen LogP contribution is 2.19. The Morgan fingerprint density at radius 3 is 2.55 bits per heavy atom. The lowest BCUT2D eigenvalue weighted by Gasteiger charge is -2.34. The number of hydrogen-bond donors (Lipinski definition) is 4. The van der Waals surface area contributed by atoms with E-state index in [1.807, 2.05) is 58.2 Å². The molecule has 1 aromatic heterocycles. The lowest BCUT2D eigenvalue weighted by Crippen LogP contribution is -2.60. The molecule has 0 radical (unpaired) electrons. The standard InChI is InChI=1S/C22H34N4O3/c1-5-15(4)20(22(28)29)26(21(27)18(23)12-14(2)3)25-11-10-16-13-24-19-9-7-6-8-17(16)19/h6-9,13-15,18,20,24-25H,5,10-12,23H2,1-4H3,(H,28,29)/t15-,18-,20-/m0/s1. The van der Waals surface area contributed by atoms with Gasteiger partial charge in [0.15, 0.2) is 0 Å². The highest BCUT2D eigenvalue weighted by molar-refractivity contribution is 5.86. The van der Waals surface area contributed by atoms with E-state index in [1.54, 1.807) is 0 Å². The molecule has 0 aliphatic carbocycles. The minimum absolute atomic E-state index is 0.205. The molecule has 0 fully saturated rings. The van der Waals surface area contributed by atoms with Gasteiger partial charge >= 0.3 is 5.97 Å². The van der Waals surface area contributed by atoms with E-state index in [-0.39, 0.29) is 17.7 Å². The van der Waals surface area contributed by atoms with Gasteiger partial charge in [0, 0.05) is 23.6 Å². The molecule has 0 bridgehead atoms. The summed E-state index contributed by atoms with van der Waals surface area (Å²) in [5, 5.41) is 12.2. The van der Waals surface area contributed by atoms with Crippen LogP contribution in [0.1, 0.15) is 46.1 Å². The summed E-state index contributed by atoms with van der Waals surface area (Å²) in [4.78, 5) is 28.2. The Morgan fingerprint density at radius 1 is 1.24 bits per heavy atom. The summed E-state index contributed by atoms with van der Waals surface area (Å²) in [5.74, 6) is -1.36. The first kappa shape index (κ1) is 22.9. The molecule has 5 N–H and O–H groups in total. The maximum atomic E-state index is 13.0. The summed E-state index contributed by atoms with van der Waals surface area (Å²) in [7, 11) is 0. The Hall–Kier alpha value is -2.38. The van der Waals surface area contributed by atoms with E-state index < -0.39 is 18.1 Å². The van der Waals surface area contributed by atoms with E-state index in [9.17, 15) is 14.7 Å². The zero-order valence-corrected chi connectivity index (χ0v) is 17.8. The normalized spacial score (nSPS) is 14.7. The fourth-order valence-corrected chi connectivity index (χ4v) is 3.58. The maximum absolute atomic E-state index is 13.0. The SMILES string of the molecule is CC[C@H](C)[C@@H](C(=O)O)N(NCCc1c[nH]c2ccccc12)C(=O)[C@@H](N)CC(C)C. The third kappa shape index (κ3) is 5.81. The summed E-state index contributed by atoms with van der Waals surface area (Å²) >= 11 is 0. The van der Waals surface area contributed by atoms with Crippen LogP contribution in [0.3, 0.4) is 0 Å². The van der Waals surface area contributed by atoms with E-state index in [4.69, 9.17) is 5.73 Å². The van der Waals surface area contributed by atoms with Crippen molar-refractivity contribution in [3.63, 3.8) is 0 Å². The topological polar surface area (TPSA) is 111 Å². The van der Waals surface area contributed by atoms with Gasteiger partial charge in [0.05, 0.1) is 6.04 Å². The molecule has 0 unspecified atom stereocenters. The zero-order valence-electron chi connectivity index (χ0n) is 17.8. The first-order valence-corrected chi connectivity index (χ1v) is 10.4. The molecule has 0 aliphatic rings. The average Bonchev–Trinajstić information content (AvgIpc) is 3.08. The van der Waals surface area contributed by atoms with Crippen LogP contribution in [0.15, 0.2) is 30.5 Å². The smallest absolute Gasteiger partial charge is 0.328 e. The van der Waals surface area contributed by atoms with Gasteiger partial charge in [-0.2, -0.15) is 0 Å². The molecule has 0 saturated carbocycles. The van der Waals surface area contributed by atoms with E-state index in [1.165, 1.54) is 5.01 Å². The minimum atomic E-state index is -1.02. The Morgan fingerprint density at radius 2 is 1.93 bits per heavy atom. The number of rotatable bonds is 11. The maximum Gasteiger partial charge on any atom is 0.328 e. The van der Waals surface area contributed by atoms with Gasteiger partial charge in [0.2, 0.25) is 0 Å². The molecular formula is C22H34N4O3.